The van der Waals surface area contributed by atoms with E-state index in [-0.39, 0.29) is 73.3 Å². The van der Waals surface area contributed by atoms with Crippen LogP contribution in [0.2, 0.25) is 0 Å². The van der Waals surface area contributed by atoms with Gasteiger partial charge in [-0.3, -0.25) is 34.1 Å². The molecule has 1 aromatic rings. The molecule has 13 rings (SSSR count). The van der Waals surface area contributed by atoms with E-state index in [2.05, 4.69) is 33.0 Å². The lowest BCUT2D eigenvalue weighted by molar-refractivity contribution is -0.586. The van der Waals surface area contributed by atoms with Crippen molar-refractivity contribution in [3.8, 4) is 0 Å². The number of carbonyl (C=O) groups is 6. The Morgan fingerprint density at radius 3 is 1.77 bits per heavy atom. The summed E-state index contributed by atoms with van der Waals surface area (Å²) in [6.07, 6.45) is 3.26. The molecule has 4 bridgehead atoms. The molecule has 9 heterocycles. The Labute approximate surface area is 563 Å². The molecular weight excluding hydrogens is 1250 g/mol. The first-order valence-electron chi connectivity index (χ1n) is 35.3. The number of esters is 6. The van der Waals surface area contributed by atoms with Crippen molar-refractivity contribution in [2.24, 2.45) is 70.5 Å². The molecule has 3 spiro atoms. The fraction of sp³-hybridized carbons (Fsp3) is 0.831. The summed E-state index contributed by atoms with van der Waals surface area (Å²) in [5.41, 5.74) is -3.93. The quantitative estimate of drug-likeness (QED) is 0.0412. The van der Waals surface area contributed by atoms with Crippen LogP contribution in [-0.4, -0.2) is 148 Å². The average molecular weight is 1360 g/mol. The van der Waals surface area contributed by atoms with Crippen molar-refractivity contribution in [3.63, 3.8) is 0 Å². The Bertz CT molecular complexity index is 2910. The maximum Gasteiger partial charge on any atom is 0.308 e. The number of methoxy groups -OCH3 is 2. The van der Waals surface area contributed by atoms with Crippen LogP contribution in [0.4, 0.5) is 0 Å². The smallest absolute Gasteiger partial charge is 0.308 e. The maximum atomic E-state index is 13.9. The predicted octanol–water partition coefficient (Wildman–Crippen LogP) is 9.71. The molecule has 96 heavy (non-hydrogen) atoms. The van der Waals surface area contributed by atoms with Gasteiger partial charge in [-0.05, 0) is 120 Å². The second-order valence-electron chi connectivity index (χ2n) is 30.6. The van der Waals surface area contributed by atoms with Crippen molar-refractivity contribution in [2.75, 3.05) is 47.3 Å². The highest BCUT2D eigenvalue weighted by Gasteiger charge is 2.75. The largest absolute Gasteiger partial charge is 0.463 e. The van der Waals surface area contributed by atoms with Gasteiger partial charge in [0.25, 0.3) is 0 Å². The number of nitrogens with one attached hydrogen (secondary N) is 1. The molecule has 9 aliphatic heterocycles. The van der Waals surface area contributed by atoms with E-state index in [9.17, 15) is 28.8 Å². The van der Waals surface area contributed by atoms with Crippen molar-refractivity contribution in [1.82, 2.24) is 5.32 Å². The van der Waals surface area contributed by atoms with Crippen LogP contribution in [0.1, 0.15) is 190 Å². The Morgan fingerprint density at radius 2 is 1.14 bits per heavy atom. The van der Waals surface area contributed by atoms with Crippen LogP contribution in [0, 0.1) is 70.5 Å². The Balaban J connectivity index is 0.737. The van der Waals surface area contributed by atoms with E-state index >= 15 is 0 Å². The van der Waals surface area contributed by atoms with Crippen LogP contribution in [0.5, 0.6) is 0 Å². The molecule has 25 heteroatoms. The molecule has 9 saturated heterocycles. The zero-order valence-electron chi connectivity index (χ0n) is 58.3. The number of ether oxygens (including phenoxy) is 12. The number of carbonyl (C=O) groups excluding carboxylic acids is 6. The first-order valence-corrected chi connectivity index (χ1v) is 35.3. The summed E-state index contributed by atoms with van der Waals surface area (Å²) >= 11 is 0. The fourth-order valence-electron chi connectivity index (χ4n) is 18.0. The zero-order valence-corrected chi connectivity index (χ0v) is 58.3. The molecule has 1 aromatic carbocycles. The lowest BCUT2D eigenvalue weighted by Gasteiger charge is -2.65. The van der Waals surface area contributed by atoms with Crippen LogP contribution in [0.25, 0.3) is 0 Å². The van der Waals surface area contributed by atoms with Crippen molar-refractivity contribution in [2.45, 2.75) is 256 Å². The molecule has 12 fully saturated rings. The van der Waals surface area contributed by atoms with Crippen LogP contribution >= 0.6 is 0 Å². The minimum atomic E-state index is -1.65. The molecule has 0 amide bonds. The molecule has 1 N–H and O–H groups in total. The Hall–Kier alpha value is -4.48. The van der Waals surface area contributed by atoms with Crippen LogP contribution < -0.4 is 5.32 Å². The lowest BCUT2D eigenvalue weighted by Crippen LogP contribution is -2.74. The van der Waals surface area contributed by atoms with Gasteiger partial charge < -0.3 is 56.8 Å². The number of hydrogen-bond donors (Lipinski definition) is 1. The average Bonchev–Trinajstić information content (AvgIpc) is 1.27. The summed E-state index contributed by atoms with van der Waals surface area (Å²) in [4.78, 5) is 120. The van der Waals surface area contributed by atoms with Gasteiger partial charge in [0, 0.05) is 75.0 Å². The molecular formula is C71H105NO24. The van der Waals surface area contributed by atoms with E-state index in [1.165, 1.54) is 7.11 Å². The Kier molecular flexibility index (Phi) is 22.2. The minimum absolute atomic E-state index is 0.0663. The molecule has 3 aliphatic carbocycles. The van der Waals surface area contributed by atoms with E-state index in [1.807, 2.05) is 71.9 Å². The summed E-state index contributed by atoms with van der Waals surface area (Å²) < 4.78 is 72.8. The third-order valence-electron chi connectivity index (χ3n) is 24.5. The van der Waals surface area contributed by atoms with E-state index in [0.29, 0.717) is 43.6 Å². The second kappa shape index (κ2) is 29.2. The van der Waals surface area contributed by atoms with Gasteiger partial charge in [-0.25, -0.2) is 29.3 Å². The SMILES string of the molecule is CO[C@@H](OC(=O)CCC(=O)OCC(COC(=O)CCC(=O)O[C@@H]1OC[C@@]23OO[C@@](C)(OC)CC[C@H]2[C@H](C)CC[C@H]3[C@H]1C)(COC(=O)CCC(=O)O[C@@H]1O[C@@H]2O[C@@]3(C)CC[C@H]4[C@H](C)CC[C@@](C)([C@H]1C)[C@@]24OO3)NCc1ccccc1)[C@H](C)[C@@H]1CC[C@@H](C)[C@@H]2CC[C@]3(C)OC[C@]12OO3. The summed E-state index contributed by atoms with van der Waals surface area (Å²) in [6.45, 7) is 19.1. The van der Waals surface area contributed by atoms with Gasteiger partial charge in [-0.1, -0.05) is 78.8 Å². The van der Waals surface area contributed by atoms with E-state index in [1.54, 1.807) is 7.11 Å². The van der Waals surface area contributed by atoms with Gasteiger partial charge in [0.1, 0.15) is 36.6 Å². The maximum absolute atomic E-state index is 13.9. The molecule has 0 aromatic heterocycles. The molecule has 25 nitrogen and oxygen atoms in total. The van der Waals surface area contributed by atoms with Gasteiger partial charge in [0.2, 0.25) is 24.7 Å². The van der Waals surface area contributed by atoms with Gasteiger partial charge in [-0.15, -0.1) is 0 Å². The first kappa shape index (κ1) is 72.8. The lowest BCUT2D eigenvalue weighted by atomic mass is 9.50. The third kappa shape index (κ3) is 14.6. The van der Waals surface area contributed by atoms with Gasteiger partial charge in [-0.2, -0.15) is 0 Å². The Morgan fingerprint density at radius 1 is 0.573 bits per heavy atom. The highest BCUT2D eigenvalue weighted by molar-refractivity contribution is 5.79. The van der Waals surface area contributed by atoms with Crippen LogP contribution in [0.3, 0.4) is 0 Å². The summed E-state index contributed by atoms with van der Waals surface area (Å²) in [5, 5.41) is 3.32. The summed E-state index contributed by atoms with van der Waals surface area (Å²) in [6, 6.07) is 9.19. The van der Waals surface area contributed by atoms with Crippen LogP contribution in [-0.2, 0) is 121 Å². The van der Waals surface area contributed by atoms with Crippen LogP contribution in [0.15, 0.2) is 30.3 Å². The highest BCUT2D eigenvalue weighted by atomic mass is 17.3. The van der Waals surface area contributed by atoms with E-state index in [0.717, 1.165) is 63.4 Å². The first-order chi connectivity index (χ1) is 45.7. The molecule has 0 radical (unpaired) electrons. The normalized spacial score (nSPS) is 41.1. The minimum Gasteiger partial charge on any atom is -0.463 e. The standard InChI is InChI=1S/C71H105NO24/c1-42-19-21-53-46(5)61(84-40-69(53)49(42)29-33-65(8,80-12)91-94-69)87-58(77)26-23-55(74)82-38-68(72-36-48-16-14-13-15-17-48,37-81-54(73)22-25-57(76)86-60(79-11)45(4)52-20-18-43(2)50-30-34-66(9)85-41-70(50,52)95-92-66)39-83-56(75)24-27-59(78)88-62-47(6)64(7)32-28-44(3)51-31-35-67(10)90-63(89-62)71(51,64)96-93-67/h13-17,42-47,49-53,60-63,72H,18-41H2,1-12H3/t42-,43-,44-,45-,46-,47+,49+,50+,51+,52+,53+,60+,61+,62-,63-,64+,65-,66-,67-,68?,69-,70-,71+/m1/s1. The van der Waals surface area contributed by atoms with Gasteiger partial charge in [0.05, 0.1) is 51.7 Å². The third-order valence-corrected chi connectivity index (χ3v) is 24.5. The number of fused-ring (bicyclic) bond motifs is 5. The number of hydrogen-bond acceptors (Lipinski definition) is 25. The molecule has 1 unspecified atom stereocenters. The van der Waals surface area contributed by atoms with Crippen molar-refractivity contribution in [1.29, 1.82) is 0 Å². The van der Waals surface area contributed by atoms with Crippen molar-refractivity contribution in [3.05, 3.63) is 35.9 Å². The second-order valence-corrected chi connectivity index (χ2v) is 30.6. The topological polar surface area (TPSA) is 281 Å². The summed E-state index contributed by atoms with van der Waals surface area (Å²) in [5.74, 6) is -7.29. The predicted molar refractivity (Wildman–Crippen MR) is 334 cm³/mol. The molecule has 23 atom stereocenters. The number of benzene rings is 1. The molecule has 3 saturated carbocycles. The summed E-state index contributed by atoms with van der Waals surface area (Å²) in [7, 11) is 3.05. The fourth-order valence-corrected chi connectivity index (χ4v) is 18.0. The van der Waals surface area contributed by atoms with Gasteiger partial charge >= 0.3 is 35.8 Å². The van der Waals surface area contributed by atoms with Crippen molar-refractivity contribution >= 4 is 35.8 Å². The van der Waals surface area contributed by atoms with Gasteiger partial charge in [0.15, 0.2) is 23.5 Å². The molecule has 12 aliphatic rings. The van der Waals surface area contributed by atoms with E-state index < -0.39 is 152 Å². The van der Waals surface area contributed by atoms with Crippen molar-refractivity contribution < 1.29 is 115 Å². The highest BCUT2D eigenvalue weighted by Crippen LogP contribution is 2.66. The van der Waals surface area contributed by atoms with E-state index in [4.69, 9.17) is 86.2 Å². The number of rotatable bonds is 25. The monoisotopic (exact) mass is 1360 g/mol. The zero-order chi connectivity index (χ0) is 68.6. The molecule has 538 valence electrons.